The molecule has 0 N–H and O–H groups in total. The molecule has 0 bridgehead atoms. The number of anilines is 1. The topological polar surface area (TPSA) is 121 Å². The lowest BCUT2D eigenvalue weighted by molar-refractivity contribution is 0.105. The van der Waals surface area contributed by atoms with Gasteiger partial charge in [-0.25, -0.2) is 19.3 Å². The van der Waals surface area contributed by atoms with Gasteiger partial charge in [0.15, 0.2) is 0 Å². The van der Waals surface area contributed by atoms with E-state index in [1.165, 1.54) is 0 Å². The number of piperazine rings is 1. The Morgan fingerprint density at radius 2 is 1.87 bits per heavy atom. The highest BCUT2D eigenvalue weighted by Gasteiger charge is 2.31. The molecule has 4 aromatic rings. The second-order valence-corrected chi connectivity index (χ2v) is 9.59. The first-order valence-corrected chi connectivity index (χ1v) is 12.6. The fourth-order valence-electron chi connectivity index (χ4n) is 5.12. The summed E-state index contributed by atoms with van der Waals surface area (Å²) in [6, 6.07) is 6.24. The van der Waals surface area contributed by atoms with E-state index in [4.69, 9.17) is 14.7 Å². The third kappa shape index (κ3) is 4.31. The zero-order chi connectivity index (χ0) is 26.2. The molecule has 12 heteroatoms. The molecule has 4 aromatic heterocycles. The van der Waals surface area contributed by atoms with Crippen LogP contribution in [0, 0.1) is 11.3 Å². The smallest absolute Gasteiger partial charge is 0.320 e. The molecule has 0 aliphatic carbocycles. The minimum Gasteiger partial charge on any atom is -0.380 e. The minimum atomic E-state index is 0.0881. The maximum atomic E-state index is 12.9. The molecular formula is C26H28N10O2. The van der Waals surface area contributed by atoms with Crippen LogP contribution in [0.15, 0.2) is 43.1 Å². The van der Waals surface area contributed by atoms with E-state index < -0.39 is 0 Å². The van der Waals surface area contributed by atoms with E-state index in [-0.39, 0.29) is 12.1 Å². The van der Waals surface area contributed by atoms with Crippen molar-refractivity contribution in [3.8, 4) is 28.6 Å². The highest BCUT2D eigenvalue weighted by atomic mass is 16.5. The Labute approximate surface area is 219 Å². The summed E-state index contributed by atoms with van der Waals surface area (Å²) in [5.74, 6) is 0.843. The number of nitrogens with zero attached hydrogens (tertiary/aromatic N) is 10. The highest BCUT2D eigenvalue weighted by Crippen LogP contribution is 2.29. The molecule has 0 aromatic carbocycles. The number of aromatic nitrogens is 6. The van der Waals surface area contributed by atoms with Crippen LogP contribution in [0.1, 0.15) is 12.0 Å². The summed E-state index contributed by atoms with van der Waals surface area (Å²) in [5, 5.41) is 18.3. The van der Waals surface area contributed by atoms with Gasteiger partial charge in [0.05, 0.1) is 36.1 Å². The van der Waals surface area contributed by atoms with Crippen molar-refractivity contribution in [1.29, 1.82) is 5.26 Å². The lowest BCUT2D eigenvalue weighted by Gasteiger charge is -2.37. The van der Waals surface area contributed by atoms with Gasteiger partial charge in [0.2, 0.25) is 0 Å². The molecule has 0 spiro atoms. The summed E-state index contributed by atoms with van der Waals surface area (Å²) in [6.07, 6.45) is 9.79. The standard InChI is InChI=1S/C26H28N10O2/c1-32-15-20(14-29-32)22-17-36-25(19(11-27)13-30-36)24(31-22)18-3-4-23(28-12-18)33-7-9-34(10-8-33)26(37)35-6-5-21(16-35)38-2/h3-4,12-15,17,21H,5-10,16H2,1-2H3. The summed E-state index contributed by atoms with van der Waals surface area (Å²) in [7, 11) is 3.55. The second kappa shape index (κ2) is 9.75. The molecule has 194 valence electrons. The molecule has 2 fully saturated rings. The van der Waals surface area contributed by atoms with Crippen molar-refractivity contribution < 1.29 is 9.53 Å². The van der Waals surface area contributed by atoms with Crippen LogP contribution in [-0.4, -0.2) is 97.7 Å². The van der Waals surface area contributed by atoms with E-state index in [0.29, 0.717) is 55.2 Å². The van der Waals surface area contributed by atoms with E-state index >= 15 is 0 Å². The Morgan fingerprint density at radius 1 is 1.03 bits per heavy atom. The minimum absolute atomic E-state index is 0.0881. The van der Waals surface area contributed by atoms with E-state index in [2.05, 4.69) is 21.2 Å². The van der Waals surface area contributed by atoms with E-state index in [1.807, 2.05) is 35.2 Å². The maximum absolute atomic E-state index is 12.9. The molecule has 12 nitrogen and oxygen atoms in total. The van der Waals surface area contributed by atoms with Gasteiger partial charge in [-0.05, 0) is 18.6 Å². The van der Waals surface area contributed by atoms with E-state index in [9.17, 15) is 10.1 Å². The zero-order valence-electron chi connectivity index (χ0n) is 21.4. The number of methoxy groups -OCH3 is 1. The van der Waals surface area contributed by atoms with Crippen molar-refractivity contribution in [3.63, 3.8) is 0 Å². The number of hydrogen-bond acceptors (Lipinski definition) is 8. The number of nitriles is 1. The average Bonchev–Trinajstić information content (AvgIpc) is 3.72. The van der Waals surface area contributed by atoms with Crippen LogP contribution in [0.3, 0.4) is 0 Å². The molecule has 0 radical (unpaired) electrons. The summed E-state index contributed by atoms with van der Waals surface area (Å²) < 4.78 is 8.80. The van der Waals surface area contributed by atoms with Crippen molar-refractivity contribution in [2.45, 2.75) is 12.5 Å². The van der Waals surface area contributed by atoms with Gasteiger partial charge in [-0.3, -0.25) is 4.68 Å². The maximum Gasteiger partial charge on any atom is 0.320 e. The van der Waals surface area contributed by atoms with Crippen LogP contribution >= 0.6 is 0 Å². The molecule has 2 amide bonds. The average molecular weight is 513 g/mol. The first kappa shape index (κ1) is 23.9. The number of amides is 2. The summed E-state index contributed by atoms with van der Waals surface area (Å²) in [4.78, 5) is 28.5. The van der Waals surface area contributed by atoms with Gasteiger partial charge in [-0.15, -0.1) is 0 Å². The molecule has 2 aliphatic rings. The number of likely N-dealkylation sites (tertiary alicyclic amines) is 1. The highest BCUT2D eigenvalue weighted by molar-refractivity contribution is 5.83. The van der Waals surface area contributed by atoms with Gasteiger partial charge >= 0.3 is 6.03 Å². The van der Waals surface area contributed by atoms with Crippen LogP contribution < -0.4 is 4.90 Å². The Kier molecular flexibility index (Phi) is 6.13. The van der Waals surface area contributed by atoms with Gasteiger partial charge < -0.3 is 19.4 Å². The number of carbonyl (C=O) groups excluding carboxylic acids is 1. The predicted octanol–water partition coefficient (Wildman–Crippen LogP) is 2.03. The predicted molar refractivity (Wildman–Crippen MR) is 139 cm³/mol. The number of rotatable bonds is 4. The van der Waals surface area contributed by atoms with E-state index in [1.54, 1.807) is 41.1 Å². The molecule has 0 saturated carbocycles. The zero-order valence-corrected chi connectivity index (χ0v) is 21.4. The lowest BCUT2D eigenvalue weighted by Crippen LogP contribution is -2.52. The van der Waals surface area contributed by atoms with Crippen LogP contribution in [0.2, 0.25) is 0 Å². The van der Waals surface area contributed by atoms with Gasteiger partial charge in [-0.1, -0.05) is 0 Å². The third-order valence-corrected chi connectivity index (χ3v) is 7.26. The number of ether oxygens (including phenoxy) is 1. The number of carbonyl (C=O) groups is 1. The van der Waals surface area contributed by atoms with Gasteiger partial charge in [0.25, 0.3) is 0 Å². The molecule has 6 rings (SSSR count). The van der Waals surface area contributed by atoms with Crippen molar-refractivity contribution in [2.24, 2.45) is 7.05 Å². The Balaban J connectivity index is 1.21. The lowest BCUT2D eigenvalue weighted by atomic mass is 10.1. The van der Waals surface area contributed by atoms with Gasteiger partial charge in [0, 0.05) is 76.9 Å². The second-order valence-electron chi connectivity index (χ2n) is 9.59. The Bertz CT molecular complexity index is 1510. The Hall–Kier alpha value is -4.50. The third-order valence-electron chi connectivity index (χ3n) is 7.26. The SMILES string of the molecule is COC1CCN(C(=O)N2CCN(c3ccc(-c4nc(-c5cnn(C)c5)cn5ncc(C#N)c45)cn3)CC2)C1. The molecule has 6 heterocycles. The normalized spacial score (nSPS) is 17.8. The number of aryl methyl sites for hydroxylation is 1. The van der Waals surface area contributed by atoms with Crippen LogP contribution in [-0.2, 0) is 11.8 Å². The number of urea groups is 1. The van der Waals surface area contributed by atoms with Crippen LogP contribution in [0.5, 0.6) is 0 Å². The van der Waals surface area contributed by atoms with Gasteiger partial charge in [-0.2, -0.15) is 15.5 Å². The molecule has 1 atom stereocenters. The molecule has 2 aliphatic heterocycles. The number of pyridine rings is 1. The van der Waals surface area contributed by atoms with E-state index in [0.717, 1.165) is 29.9 Å². The molecular weight excluding hydrogens is 484 g/mol. The van der Waals surface area contributed by atoms with Gasteiger partial charge in [0.1, 0.15) is 23.0 Å². The monoisotopic (exact) mass is 512 g/mol. The molecule has 38 heavy (non-hydrogen) atoms. The number of hydrogen-bond donors (Lipinski definition) is 0. The van der Waals surface area contributed by atoms with Crippen LogP contribution in [0.4, 0.5) is 10.6 Å². The first-order valence-electron chi connectivity index (χ1n) is 12.6. The summed E-state index contributed by atoms with van der Waals surface area (Å²) in [6.45, 7) is 4.11. The molecule has 1 unspecified atom stereocenters. The Morgan fingerprint density at radius 3 is 2.53 bits per heavy atom. The van der Waals surface area contributed by atoms with Crippen LogP contribution in [0.25, 0.3) is 28.0 Å². The largest absolute Gasteiger partial charge is 0.380 e. The number of fused-ring (bicyclic) bond motifs is 1. The van der Waals surface area contributed by atoms with Crippen molar-refractivity contribution >= 4 is 17.4 Å². The fourth-order valence-corrected chi connectivity index (χ4v) is 5.12. The first-order chi connectivity index (χ1) is 18.5. The molecule has 2 saturated heterocycles. The summed E-state index contributed by atoms with van der Waals surface area (Å²) >= 11 is 0. The van der Waals surface area contributed by atoms with Crippen molar-refractivity contribution in [1.82, 2.24) is 39.2 Å². The van der Waals surface area contributed by atoms with Crippen molar-refractivity contribution in [2.75, 3.05) is 51.3 Å². The quantitative estimate of drug-likeness (QED) is 0.407. The summed E-state index contributed by atoms with van der Waals surface area (Å²) in [5.41, 5.74) is 4.07. The fraction of sp³-hybridized carbons (Fsp3) is 0.385. The van der Waals surface area contributed by atoms with Crippen molar-refractivity contribution in [3.05, 3.63) is 48.7 Å².